The molecule has 2 aromatic rings. The predicted octanol–water partition coefficient (Wildman–Crippen LogP) is 2.78. The van der Waals surface area contributed by atoms with Gasteiger partial charge in [0.2, 0.25) is 5.91 Å². The lowest BCUT2D eigenvalue weighted by molar-refractivity contribution is -0.147. The van der Waals surface area contributed by atoms with Crippen LogP contribution in [0.2, 0.25) is 0 Å². The van der Waals surface area contributed by atoms with E-state index in [-0.39, 0.29) is 31.3 Å². The van der Waals surface area contributed by atoms with E-state index in [9.17, 15) is 14.4 Å². The average Bonchev–Trinajstić information content (AvgIpc) is 3.08. The Kier molecular flexibility index (Phi) is 5.54. The number of carbonyl (C=O) groups is 3. The summed E-state index contributed by atoms with van der Waals surface area (Å²) in [6.07, 6.45) is 0.0510. The number of carbonyl (C=O) groups excluding carboxylic acids is 3. The third kappa shape index (κ3) is 4.16. The molecule has 1 fully saturated rings. The number of aryl methyl sites for hydroxylation is 1. The zero-order valence-corrected chi connectivity index (χ0v) is 15.3. The Morgan fingerprint density at radius 1 is 1.15 bits per heavy atom. The van der Waals surface area contributed by atoms with E-state index in [1.165, 1.54) is 12.0 Å². The first-order chi connectivity index (χ1) is 13.0. The Hall–Kier alpha value is -3.15. The molecule has 0 radical (unpaired) electrons. The molecule has 6 nitrogen and oxygen atoms in total. The van der Waals surface area contributed by atoms with Gasteiger partial charge in [0.15, 0.2) is 12.4 Å². The standard InChI is InChI=1S/C21H21NO5/c1-14-8-9-19(26-2)17(10-14)22-12-16(11-20(22)24)21(25)27-13-18(23)15-6-4-3-5-7-15/h3-10,16H,11-13H2,1-2H3/t16-/m1/s1. The molecule has 1 aliphatic rings. The Morgan fingerprint density at radius 3 is 2.59 bits per heavy atom. The molecule has 1 amide bonds. The number of benzene rings is 2. The number of ketones is 1. The van der Waals surface area contributed by atoms with E-state index >= 15 is 0 Å². The van der Waals surface area contributed by atoms with Crippen LogP contribution < -0.4 is 9.64 Å². The minimum atomic E-state index is -0.605. The molecule has 1 saturated heterocycles. The number of rotatable bonds is 6. The highest BCUT2D eigenvalue weighted by atomic mass is 16.5. The molecule has 0 N–H and O–H groups in total. The van der Waals surface area contributed by atoms with Crippen molar-refractivity contribution in [2.24, 2.45) is 5.92 Å². The van der Waals surface area contributed by atoms with Crippen molar-refractivity contribution in [2.75, 3.05) is 25.2 Å². The number of hydrogen-bond donors (Lipinski definition) is 0. The molecule has 6 heteroatoms. The lowest BCUT2D eigenvalue weighted by atomic mass is 10.1. The fraction of sp³-hybridized carbons (Fsp3) is 0.286. The van der Waals surface area contributed by atoms with Crippen LogP contribution in [-0.4, -0.2) is 37.9 Å². The largest absolute Gasteiger partial charge is 0.495 e. The Balaban J connectivity index is 1.64. The molecule has 0 spiro atoms. The van der Waals surface area contributed by atoms with Gasteiger partial charge in [0, 0.05) is 18.5 Å². The molecule has 1 atom stereocenters. The van der Waals surface area contributed by atoms with Crippen molar-refractivity contribution in [3.63, 3.8) is 0 Å². The molecule has 1 heterocycles. The van der Waals surface area contributed by atoms with Crippen LogP contribution in [0.15, 0.2) is 48.5 Å². The topological polar surface area (TPSA) is 72.9 Å². The molecule has 0 bridgehead atoms. The fourth-order valence-electron chi connectivity index (χ4n) is 3.07. The maximum Gasteiger partial charge on any atom is 0.311 e. The Morgan fingerprint density at radius 2 is 1.89 bits per heavy atom. The lowest BCUT2D eigenvalue weighted by Gasteiger charge is -2.20. The monoisotopic (exact) mass is 367 g/mol. The van der Waals surface area contributed by atoms with Crippen molar-refractivity contribution in [3.8, 4) is 5.75 Å². The SMILES string of the molecule is COc1ccc(C)cc1N1C[C@H](C(=O)OCC(=O)c2ccccc2)CC1=O. The van der Waals surface area contributed by atoms with Crippen molar-refractivity contribution in [3.05, 3.63) is 59.7 Å². The van der Waals surface area contributed by atoms with Gasteiger partial charge in [0.05, 0.1) is 18.7 Å². The van der Waals surface area contributed by atoms with Gasteiger partial charge >= 0.3 is 5.97 Å². The summed E-state index contributed by atoms with van der Waals surface area (Å²) in [4.78, 5) is 38.4. The van der Waals surface area contributed by atoms with E-state index in [2.05, 4.69) is 0 Å². The van der Waals surface area contributed by atoms with Crippen molar-refractivity contribution in [1.29, 1.82) is 0 Å². The second-order valence-corrected chi connectivity index (χ2v) is 6.48. The van der Waals surface area contributed by atoms with Crippen molar-refractivity contribution < 1.29 is 23.9 Å². The van der Waals surface area contributed by atoms with E-state index in [4.69, 9.17) is 9.47 Å². The average molecular weight is 367 g/mol. The summed E-state index contributed by atoms with van der Waals surface area (Å²) in [7, 11) is 1.54. The fourth-order valence-corrected chi connectivity index (χ4v) is 3.07. The third-order valence-corrected chi connectivity index (χ3v) is 4.52. The van der Waals surface area contributed by atoms with Gasteiger partial charge in [-0.3, -0.25) is 14.4 Å². The summed E-state index contributed by atoms with van der Waals surface area (Å²) in [5.41, 5.74) is 2.11. The van der Waals surface area contributed by atoms with Crippen molar-refractivity contribution in [2.45, 2.75) is 13.3 Å². The van der Waals surface area contributed by atoms with Crippen LogP contribution in [-0.2, 0) is 14.3 Å². The molecule has 3 rings (SSSR count). The number of esters is 1. The van der Waals surface area contributed by atoms with E-state index in [0.29, 0.717) is 17.0 Å². The van der Waals surface area contributed by atoms with E-state index in [1.807, 2.05) is 19.1 Å². The van der Waals surface area contributed by atoms with Gasteiger partial charge in [-0.05, 0) is 24.6 Å². The first kappa shape index (κ1) is 18.6. The maximum atomic E-state index is 12.4. The van der Waals surface area contributed by atoms with E-state index < -0.39 is 11.9 Å². The van der Waals surface area contributed by atoms with Gasteiger partial charge in [-0.1, -0.05) is 36.4 Å². The van der Waals surface area contributed by atoms with Crippen LogP contribution in [0.4, 0.5) is 5.69 Å². The molecule has 0 aliphatic carbocycles. The quantitative estimate of drug-likeness (QED) is 0.580. The van der Waals surface area contributed by atoms with E-state index in [0.717, 1.165) is 5.56 Å². The summed E-state index contributed by atoms with van der Waals surface area (Å²) in [6.45, 7) is 1.79. The highest BCUT2D eigenvalue weighted by Gasteiger charge is 2.37. The van der Waals surface area contributed by atoms with Crippen molar-refractivity contribution >= 4 is 23.3 Å². The summed E-state index contributed by atoms with van der Waals surface area (Å²) in [6, 6.07) is 14.2. The number of Topliss-reactive ketones (excluding diaryl/α,β-unsaturated/α-hetero) is 1. The van der Waals surface area contributed by atoms with Gasteiger partial charge < -0.3 is 14.4 Å². The maximum absolute atomic E-state index is 12.4. The number of amides is 1. The summed E-state index contributed by atoms with van der Waals surface area (Å²) in [5.74, 6) is -1.02. The molecular weight excluding hydrogens is 346 g/mol. The normalized spacial score (nSPS) is 16.3. The van der Waals surface area contributed by atoms with Gasteiger partial charge in [-0.25, -0.2) is 0 Å². The third-order valence-electron chi connectivity index (χ3n) is 4.52. The minimum Gasteiger partial charge on any atom is -0.495 e. The molecule has 0 unspecified atom stereocenters. The minimum absolute atomic E-state index is 0.0510. The Bertz CT molecular complexity index is 862. The first-order valence-corrected chi connectivity index (χ1v) is 8.69. The second kappa shape index (κ2) is 8.03. The van der Waals surface area contributed by atoms with Crippen LogP contribution in [0.25, 0.3) is 0 Å². The van der Waals surface area contributed by atoms with Crippen LogP contribution in [0.5, 0.6) is 5.75 Å². The van der Waals surface area contributed by atoms with Gasteiger partial charge in [-0.2, -0.15) is 0 Å². The summed E-state index contributed by atoms with van der Waals surface area (Å²) < 4.78 is 10.5. The molecule has 2 aromatic carbocycles. The van der Waals surface area contributed by atoms with Gasteiger partial charge in [0.25, 0.3) is 0 Å². The number of ether oxygens (including phenoxy) is 2. The Labute approximate surface area is 157 Å². The van der Waals surface area contributed by atoms with Crippen LogP contribution in [0.1, 0.15) is 22.3 Å². The van der Waals surface area contributed by atoms with E-state index in [1.54, 1.807) is 36.4 Å². The molecule has 140 valence electrons. The molecule has 0 saturated carbocycles. The predicted molar refractivity (Wildman–Crippen MR) is 99.9 cm³/mol. The lowest BCUT2D eigenvalue weighted by Crippen LogP contribution is -2.27. The zero-order valence-electron chi connectivity index (χ0n) is 15.3. The summed E-state index contributed by atoms with van der Waals surface area (Å²) in [5, 5.41) is 0. The van der Waals surface area contributed by atoms with Crippen LogP contribution in [0.3, 0.4) is 0 Å². The molecule has 0 aromatic heterocycles. The number of hydrogen-bond acceptors (Lipinski definition) is 5. The number of methoxy groups -OCH3 is 1. The number of nitrogens with zero attached hydrogens (tertiary/aromatic N) is 1. The van der Waals surface area contributed by atoms with Crippen LogP contribution >= 0.6 is 0 Å². The zero-order chi connectivity index (χ0) is 19.4. The molecular formula is C21H21NO5. The summed E-state index contributed by atoms with van der Waals surface area (Å²) >= 11 is 0. The first-order valence-electron chi connectivity index (χ1n) is 8.69. The van der Waals surface area contributed by atoms with Crippen LogP contribution in [0, 0.1) is 12.8 Å². The highest BCUT2D eigenvalue weighted by Crippen LogP contribution is 2.34. The molecule has 27 heavy (non-hydrogen) atoms. The van der Waals surface area contributed by atoms with Gasteiger partial charge in [-0.15, -0.1) is 0 Å². The highest BCUT2D eigenvalue weighted by molar-refractivity contribution is 6.01. The second-order valence-electron chi connectivity index (χ2n) is 6.48. The smallest absolute Gasteiger partial charge is 0.311 e. The van der Waals surface area contributed by atoms with Gasteiger partial charge in [0.1, 0.15) is 5.75 Å². The molecule has 1 aliphatic heterocycles. The number of anilines is 1. The van der Waals surface area contributed by atoms with Crippen molar-refractivity contribution in [1.82, 2.24) is 0 Å².